The molecule has 0 aliphatic rings. The quantitative estimate of drug-likeness (QED) is 0.374. The number of nitrogens with zero attached hydrogens (tertiary/aromatic N) is 5. The van der Waals surface area contributed by atoms with E-state index in [2.05, 4.69) is 10.1 Å². The molecule has 1 unspecified atom stereocenters. The van der Waals surface area contributed by atoms with Crippen molar-refractivity contribution in [2.24, 2.45) is 0 Å². The number of rotatable bonds is 6. The molecule has 0 aliphatic heterocycles. The minimum absolute atomic E-state index is 0.131. The fraction of sp³-hybridized carbons (Fsp3) is 0.200. The molecule has 0 saturated carbocycles. The topological polar surface area (TPSA) is 76.5 Å². The van der Waals surface area contributed by atoms with Gasteiger partial charge in [-0.05, 0) is 31.5 Å². The molecule has 0 bridgehead atoms. The third-order valence-corrected chi connectivity index (χ3v) is 5.79. The number of pyridine rings is 2. The summed E-state index contributed by atoms with van der Waals surface area (Å²) in [4.78, 5) is 17.9. The van der Waals surface area contributed by atoms with Crippen molar-refractivity contribution in [2.45, 2.75) is 32.5 Å². The van der Waals surface area contributed by atoms with Crippen LogP contribution in [0.3, 0.4) is 0 Å². The molecule has 1 atom stereocenters. The van der Waals surface area contributed by atoms with Crippen molar-refractivity contribution in [3.05, 3.63) is 99.2 Å². The van der Waals surface area contributed by atoms with Gasteiger partial charge >= 0.3 is 0 Å². The fourth-order valence-electron chi connectivity index (χ4n) is 3.68. The van der Waals surface area contributed by atoms with E-state index < -0.39 is 16.8 Å². The molecule has 6 nitrogen and oxygen atoms in total. The molecule has 0 amide bonds. The first-order chi connectivity index (χ1) is 16.2. The first-order valence-electron chi connectivity index (χ1n) is 10.6. The third kappa shape index (κ3) is 4.66. The van der Waals surface area contributed by atoms with E-state index in [1.165, 1.54) is 21.5 Å². The van der Waals surface area contributed by atoms with Crippen molar-refractivity contribution in [3.63, 3.8) is 0 Å². The van der Waals surface area contributed by atoms with Crippen LogP contribution in [0.2, 0.25) is 0 Å². The van der Waals surface area contributed by atoms with Crippen molar-refractivity contribution in [1.29, 1.82) is 5.26 Å². The lowest BCUT2D eigenvalue weighted by Gasteiger charge is -2.18. The minimum Gasteiger partial charge on any atom is -0.273 e. The van der Waals surface area contributed by atoms with Gasteiger partial charge in [-0.3, -0.25) is 14.0 Å². The van der Waals surface area contributed by atoms with Crippen LogP contribution in [0.25, 0.3) is 17.1 Å². The summed E-state index contributed by atoms with van der Waals surface area (Å²) in [6.07, 6.45) is 5.28. The second kappa shape index (κ2) is 9.28. The predicted molar refractivity (Wildman–Crippen MR) is 129 cm³/mol. The normalized spacial score (nSPS) is 11.4. The molecule has 3 heterocycles. The van der Waals surface area contributed by atoms with E-state index in [9.17, 15) is 18.8 Å². The number of hydrogen-bond acceptors (Lipinski definition) is 4. The van der Waals surface area contributed by atoms with Gasteiger partial charge in [0.1, 0.15) is 11.6 Å². The summed E-state index contributed by atoms with van der Waals surface area (Å²) in [6, 6.07) is 13.6. The average molecular weight is 477 g/mol. The Morgan fingerprint density at radius 2 is 1.94 bits per heavy atom. The number of alkyl halides is 2. The van der Waals surface area contributed by atoms with Gasteiger partial charge < -0.3 is 0 Å². The van der Waals surface area contributed by atoms with Gasteiger partial charge in [-0.2, -0.15) is 19.1 Å². The summed E-state index contributed by atoms with van der Waals surface area (Å²) >= 11 is 0. The lowest BCUT2D eigenvalue weighted by Crippen LogP contribution is -2.24. The highest BCUT2D eigenvalue weighted by Crippen LogP contribution is 2.39. The molecule has 172 valence electrons. The third-order valence-electron chi connectivity index (χ3n) is 5.48. The maximum Gasteiger partial charge on any atom is 0.285 e. The van der Waals surface area contributed by atoms with Gasteiger partial charge in [-0.25, -0.2) is 4.98 Å². The summed E-state index contributed by atoms with van der Waals surface area (Å²) in [5.74, 6) is -0.131. The van der Waals surface area contributed by atoms with Crippen LogP contribution >= 0.6 is 9.24 Å². The smallest absolute Gasteiger partial charge is 0.273 e. The highest BCUT2D eigenvalue weighted by atomic mass is 31.0. The summed E-state index contributed by atoms with van der Waals surface area (Å²) in [7, 11) is 1.47. The van der Waals surface area contributed by atoms with Gasteiger partial charge in [0, 0.05) is 42.0 Å². The van der Waals surface area contributed by atoms with E-state index in [1.54, 1.807) is 35.1 Å². The summed E-state index contributed by atoms with van der Waals surface area (Å²) in [5.41, 5.74) is -1.57. The summed E-state index contributed by atoms with van der Waals surface area (Å²) in [5, 5.41) is 14.0. The van der Waals surface area contributed by atoms with E-state index in [0.29, 0.717) is 24.1 Å². The number of nitriles is 1. The molecule has 4 rings (SSSR count). The van der Waals surface area contributed by atoms with Crippen molar-refractivity contribution in [1.82, 2.24) is 19.3 Å². The molecule has 0 fully saturated rings. The van der Waals surface area contributed by atoms with Gasteiger partial charge in [0.15, 0.2) is 5.82 Å². The average Bonchev–Trinajstić information content (AvgIpc) is 3.27. The highest BCUT2D eigenvalue weighted by molar-refractivity contribution is 7.17. The van der Waals surface area contributed by atoms with E-state index >= 15 is 0 Å². The van der Waals surface area contributed by atoms with E-state index in [0.717, 1.165) is 15.7 Å². The van der Waals surface area contributed by atoms with E-state index in [-0.39, 0.29) is 17.1 Å². The van der Waals surface area contributed by atoms with Crippen LogP contribution in [0.15, 0.2) is 65.8 Å². The van der Waals surface area contributed by atoms with Crippen molar-refractivity contribution >= 4 is 9.24 Å². The van der Waals surface area contributed by atoms with Gasteiger partial charge in [0.2, 0.25) is 0 Å². The van der Waals surface area contributed by atoms with Crippen molar-refractivity contribution in [3.8, 4) is 23.1 Å². The molecule has 9 heteroatoms. The second-order valence-corrected chi connectivity index (χ2v) is 8.67. The minimum atomic E-state index is -3.39. The first kappa shape index (κ1) is 23.5. The fourth-order valence-corrected chi connectivity index (χ4v) is 3.91. The SMILES string of the molecule is CCn1cc(Cc2cccn(-c3nc(-c4ccc(C)cc4)cc(C(F)(F)P)c3C#N)c2=O)cn1. The summed E-state index contributed by atoms with van der Waals surface area (Å²) in [6.45, 7) is 4.58. The van der Waals surface area contributed by atoms with Crippen LogP contribution in [0.1, 0.15) is 34.7 Å². The largest absolute Gasteiger partial charge is 0.285 e. The molecule has 0 saturated heterocycles. The molecule has 1 aromatic carbocycles. The summed E-state index contributed by atoms with van der Waals surface area (Å²) < 4.78 is 32.0. The lowest BCUT2D eigenvalue weighted by molar-refractivity contribution is 0.103. The van der Waals surface area contributed by atoms with Crippen LogP contribution in [0.4, 0.5) is 8.78 Å². The number of benzene rings is 1. The van der Waals surface area contributed by atoms with E-state index in [4.69, 9.17) is 0 Å². The molecule has 4 aromatic rings. The second-order valence-electron chi connectivity index (χ2n) is 7.94. The van der Waals surface area contributed by atoms with Crippen LogP contribution in [0, 0.1) is 18.3 Å². The highest BCUT2D eigenvalue weighted by Gasteiger charge is 2.32. The Kier molecular flexibility index (Phi) is 6.41. The monoisotopic (exact) mass is 477 g/mol. The van der Waals surface area contributed by atoms with E-state index in [1.807, 2.05) is 38.2 Å². The number of aryl methyl sites for hydroxylation is 2. The van der Waals surface area contributed by atoms with Gasteiger partial charge in [-0.1, -0.05) is 45.1 Å². The zero-order valence-corrected chi connectivity index (χ0v) is 19.8. The maximum absolute atomic E-state index is 14.5. The molecule has 3 aromatic heterocycles. The van der Waals surface area contributed by atoms with Gasteiger partial charge in [-0.15, -0.1) is 0 Å². The Hall–Kier alpha value is -3.69. The Labute approximate surface area is 197 Å². The Morgan fingerprint density at radius 3 is 2.56 bits per heavy atom. The Bertz CT molecular complexity index is 1450. The zero-order valence-electron chi connectivity index (χ0n) is 18.7. The van der Waals surface area contributed by atoms with Crippen LogP contribution < -0.4 is 5.56 Å². The molecule has 0 spiro atoms. The lowest BCUT2D eigenvalue weighted by atomic mass is 10.0. The molecule has 34 heavy (non-hydrogen) atoms. The van der Waals surface area contributed by atoms with Crippen LogP contribution in [-0.2, 0) is 18.6 Å². The van der Waals surface area contributed by atoms with Gasteiger partial charge in [0.05, 0.1) is 11.9 Å². The Balaban J connectivity index is 1.91. The molecular weight excluding hydrogens is 455 g/mol. The van der Waals surface area contributed by atoms with Crippen molar-refractivity contribution < 1.29 is 8.78 Å². The Morgan fingerprint density at radius 1 is 1.21 bits per heavy atom. The van der Waals surface area contributed by atoms with Crippen LogP contribution in [-0.4, -0.2) is 19.3 Å². The first-order valence-corrected chi connectivity index (χ1v) is 11.2. The molecule has 0 aliphatic carbocycles. The number of aromatic nitrogens is 4. The zero-order chi connectivity index (χ0) is 24.5. The predicted octanol–water partition coefficient (Wildman–Crippen LogP) is 4.81. The molecule has 0 N–H and O–H groups in total. The van der Waals surface area contributed by atoms with Crippen molar-refractivity contribution in [2.75, 3.05) is 0 Å². The van der Waals surface area contributed by atoms with Gasteiger partial charge in [0.25, 0.3) is 11.2 Å². The maximum atomic E-state index is 14.5. The standard InChI is InChI=1S/C25H22F2N5OP/c1-3-31-15-17(14-29-31)11-19-5-4-10-32(24(19)33)23-20(13-28)21(25(26,27)34)12-22(30-23)18-8-6-16(2)7-9-18/h4-10,12,14-15H,3,11,34H2,1-2H3. The number of hydrogen-bond donors (Lipinski definition) is 0. The van der Waals surface area contributed by atoms with Crippen LogP contribution in [0.5, 0.6) is 0 Å². The molecule has 0 radical (unpaired) electrons. The number of halogens is 2. The molecular formula is C25H22F2N5OP.